The molecule has 2 aromatic rings. The monoisotopic (exact) mass is 427 g/mol. The molecule has 0 saturated carbocycles. The topological polar surface area (TPSA) is 72.3 Å². The lowest BCUT2D eigenvalue weighted by molar-refractivity contribution is -0.116. The average molecular weight is 427 g/mol. The minimum Gasteiger partial charge on any atom is -0.496 e. The molecule has 3 rings (SSSR count). The Balaban J connectivity index is 1.79. The summed E-state index contributed by atoms with van der Waals surface area (Å²) in [6, 6.07) is 4.82. The van der Waals surface area contributed by atoms with Gasteiger partial charge in [-0.05, 0) is 23.8 Å². The van der Waals surface area contributed by atoms with E-state index in [4.69, 9.17) is 9.47 Å². The molecule has 1 fully saturated rings. The van der Waals surface area contributed by atoms with Crippen molar-refractivity contribution in [3.63, 3.8) is 0 Å². The van der Waals surface area contributed by atoms with E-state index in [0.717, 1.165) is 0 Å². The largest absolute Gasteiger partial charge is 0.496 e. The molecule has 2 aromatic carbocycles. The van der Waals surface area contributed by atoms with Crippen molar-refractivity contribution in [2.75, 3.05) is 12.9 Å². The van der Waals surface area contributed by atoms with Crippen LogP contribution in [0.3, 0.4) is 0 Å². The van der Waals surface area contributed by atoms with E-state index in [9.17, 15) is 22.4 Å². The smallest absolute Gasteiger partial charge is 0.236 e. The first-order valence-corrected chi connectivity index (χ1v) is 9.04. The van der Waals surface area contributed by atoms with Gasteiger partial charge in [0, 0.05) is 11.6 Å². The number of hydrogen-bond donors (Lipinski definition) is 1. The summed E-state index contributed by atoms with van der Waals surface area (Å²) in [5.41, 5.74) is 0.880. The molecule has 1 aliphatic heterocycles. The summed E-state index contributed by atoms with van der Waals surface area (Å²) in [5, 5.41) is 10.6. The van der Waals surface area contributed by atoms with Crippen molar-refractivity contribution in [2.24, 2.45) is 10.2 Å². The maximum Gasteiger partial charge on any atom is 0.236 e. The third kappa shape index (κ3) is 4.86. The Kier molecular flexibility index (Phi) is 6.37. The standard InChI is InChI=1S/C18H13F4N3O3S/c1-27-13-3-2-9(6-23-25-18-24-14(26)8-29-18)4-10(13)7-28-17-15(21)11(19)5-12(20)16(17)22/h2-6H,7-8H2,1H3,(H,24,25,26). The summed E-state index contributed by atoms with van der Waals surface area (Å²) >= 11 is 1.21. The van der Waals surface area contributed by atoms with Crippen molar-refractivity contribution in [2.45, 2.75) is 6.61 Å². The van der Waals surface area contributed by atoms with E-state index in [2.05, 4.69) is 15.5 Å². The van der Waals surface area contributed by atoms with Crippen LogP contribution in [0.4, 0.5) is 17.6 Å². The Morgan fingerprint density at radius 1 is 1.17 bits per heavy atom. The van der Waals surface area contributed by atoms with E-state index in [1.165, 1.54) is 31.2 Å². The Morgan fingerprint density at radius 2 is 1.90 bits per heavy atom. The Bertz CT molecular complexity index is 988. The number of methoxy groups -OCH3 is 1. The molecular formula is C18H13F4N3O3S. The number of nitrogens with zero attached hydrogens (tertiary/aromatic N) is 2. The Morgan fingerprint density at radius 3 is 2.52 bits per heavy atom. The van der Waals surface area contributed by atoms with Crippen LogP contribution in [-0.4, -0.2) is 30.2 Å². The second kappa shape index (κ2) is 8.95. The number of carbonyl (C=O) groups excluding carboxylic acids is 1. The third-order valence-electron chi connectivity index (χ3n) is 3.69. The minimum atomic E-state index is -1.63. The van der Waals surface area contributed by atoms with Gasteiger partial charge in [-0.1, -0.05) is 11.8 Å². The molecule has 1 heterocycles. The van der Waals surface area contributed by atoms with Crippen LogP contribution in [0.2, 0.25) is 0 Å². The quantitative estimate of drug-likeness (QED) is 0.332. The van der Waals surface area contributed by atoms with Gasteiger partial charge in [0.15, 0.2) is 22.6 Å². The molecule has 1 saturated heterocycles. The van der Waals surface area contributed by atoms with E-state index in [1.807, 2.05) is 0 Å². The lowest BCUT2D eigenvalue weighted by Gasteiger charge is -2.12. The summed E-state index contributed by atoms with van der Waals surface area (Å²) in [6.07, 6.45) is 1.38. The van der Waals surface area contributed by atoms with Crippen molar-refractivity contribution in [3.05, 3.63) is 58.7 Å². The van der Waals surface area contributed by atoms with Crippen molar-refractivity contribution in [1.82, 2.24) is 5.32 Å². The molecule has 152 valence electrons. The highest BCUT2D eigenvalue weighted by Gasteiger charge is 2.21. The van der Waals surface area contributed by atoms with Crippen LogP contribution in [0.15, 0.2) is 34.5 Å². The highest BCUT2D eigenvalue weighted by atomic mass is 32.2. The second-order valence-corrected chi connectivity index (χ2v) is 6.61. The first-order valence-electron chi connectivity index (χ1n) is 8.05. The summed E-state index contributed by atoms with van der Waals surface area (Å²) in [5.74, 6) is -7.13. The zero-order chi connectivity index (χ0) is 21.0. The number of amides is 1. The third-order valence-corrected chi connectivity index (χ3v) is 4.55. The molecule has 1 amide bonds. The van der Waals surface area contributed by atoms with Crippen LogP contribution in [0.5, 0.6) is 11.5 Å². The van der Waals surface area contributed by atoms with Gasteiger partial charge in [0.1, 0.15) is 12.4 Å². The van der Waals surface area contributed by atoms with Gasteiger partial charge >= 0.3 is 0 Å². The average Bonchev–Trinajstić information content (AvgIpc) is 3.11. The number of amidine groups is 1. The van der Waals surface area contributed by atoms with Gasteiger partial charge in [-0.2, -0.15) is 13.9 Å². The molecule has 29 heavy (non-hydrogen) atoms. The highest BCUT2D eigenvalue weighted by Crippen LogP contribution is 2.28. The molecule has 11 heteroatoms. The number of halogens is 4. The zero-order valence-electron chi connectivity index (χ0n) is 14.8. The fourth-order valence-electron chi connectivity index (χ4n) is 2.35. The fraction of sp³-hybridized carbons (Fsp3) is 0.167. The Hall–Kier alpha value is -3.08. The maximum atomic E-state index is 13.7. The first-order chi connectivity index (χ1) is 13.9. The molecule has 0 aliphatic carbocycles. The predicted octanol–water partition coefficient (Wildman–Crippen LogP) is 3.38. The minimum absolute atomic E-state index is 0.0990. The van der Waals surface area contributed by atoms with Crippen LogP contribution in [0, 0.1) is 23.3 Å². The van der Waals surface area contributed by atoms with Gasteiger partial charge in [0.2, 0.25) is 17.5 Å². The molecule has 0 spiro atoms. The second-order valence-electron chi connectivity index (χ2n) is 5.64. The molecule has 0 aromatic heterocycles. The summed E-state index contributed by atoms with van der Waals surface area (Å²) in [7, 11) is 1.38. The Labute approximate surface area is 166 Å². The molecular weight excluding hydrogens is 414 g/mol. The molecule has 0 atom stereocenters. The summed E-state index contributed by atoms with van der Waals surface area (Å²) in [6.45, 7) is -0.429. The van der Waals surface area contributed by atoms with E-state index >= 15 is 0 Å². The number of ether oxygens (including phenoxy) is 2. The van der Waals surface area contributed by atoms with E-state index in [1.54, 1.807) is 12.1 Å². The molecule has 0 unspecified atom stereocenters. The number of nitrogens with one attached hydrogen (secondary N) is 1. The van der Waals surface area contributed by atoms with E-state index in [-0.39, 0.29) is 17.7 Å². The summed E-state index contributed by atoms with van der Waals surface area (Å²) in [4.78, 5) is 11.1. The van der Waals surface area contributed by atoms with Crippen molar-refractivity contribution in [1.29, 1.82) is 0 Å². The molecule has 0 radical (unpaired) electrons. The lowest BCUT2D eigenvalue weighted by Crippen LogP contribution is -2.19. The van der Waals surface area contributed by atoms with Crippen molar-refractivity contribution >= 4 is 29.1 Å². The predicted molar refractivity (Wildman–Crippen MR) is 99.2 cm³/mol. The number of carbonyl (C=O) groups is 1. The normalized spacial score (nSPS) is 15.2. The highest BCUT2D eigenvalue weighted by molar-refractivity contribution is 8.15. The molecule has 6 nitrogen and oxygen atoms in total. The zero-order valence-corrected chi connectivity index (χ0v) is 15.7. The van der Waals surface area contributed by atoms with Crippen molar-refractivity contribution in [3.8, 4) is 11.5 Å². The number of hydrogen-bond acceptors (Lipinski definition) is 6. The number of thioether (sulfide) groups is 1. The van der Waals surface area contributed by atoms with Crippen LogP contribution >= 0.6 is 11.8 Å². The van der Waals surface area contributed by atoms with Crippen LogP contribution < -0.4 is 14.8 Å². The van der Waals surface area contributed by atoms with Crippen LogP contribution in [-0.2, 0) is 11.4 Å². The van der Waals surface area contributed by atoms with Crippen LogP contribution in [0.1, 0.15) is 11.1 Å². The van der Waals surface area contributed by atoms with Gasteiger partial charge in [-0.3, -0.25) is 4.79 Å². The van der Waals surface area contributed by atoms with E-state index in [0.29, 0.717) is 22.0 Å². The van der Waals surface area contributed by atoms with E-state index < -0.39 is 35.6 Å². The van der Waals surface area contributed by atoms with Gasteiger partial charge in [-0.15, -0.1) is 5.10 Å². The van der Waals surface area contributed by atoms with Gasteiger partial charge in [0.05, 0.1) is 19.1 Å². The van der Waals surface area contributed by atoms with Gasteiger partial charge in [-0.25, -0.2) is 8.78 Å². The fourth-order valence-corrected chi connectivity index (χ4v) is 2.98. The lowest BCUT2D eigenvalue weighted by atomic mass is 10.1. The molecule has 0 bridgehead atoms. The molecule has 1 N–H and O–H groups in total. The van der Waals surface area contributed by atoms with Crippen LogP contribution in [0.25, 0.3) is 0 Å². The van der Waals surface area contributed by atoms with Crippen molar-refractivity contribution < 1.29 is 31.8 Å². The first kappa shape index (κ1) is 20.6. The number of benzene rings is 2. The molecule has 1 aliphatic rings. The van der Waals surface area contributed by atoms with Gasteiger partial charge < -0.3 is 14.8 Å². The SMILES string of the molecule is COc1ccc(C=NN=C2NC(=O)CS2)cc1COc1c(F)c(F)cc(F)c1F. The number of rotatable bonds is 6. The van der Waals surface area contributed by atoms with Gasteiger partial charge in [0.25, 0.3) is 0 Å². The maximum absolute atomic E-state index is 13.7. The summed E-state index contributed by atoms with van der Waals surface area (Å²) < 4.78 is 64.2.